The van der Waals surface area contributed by atoms with Gasteiger partial charge in [0.05, 0.1) is 92.9 Å². The average Bonchev–Trinajstić information content (AvgIpc) is 1.52. The van der Waals surface area contributed by atoms with Crippen molar-refractivity contribution in [3.8, 4) is 0 Å². The smallest absolute Gasteiger partial charge is 0.870 e. The summed E-state index contributed by atoms with van der Waals surface area (Å²) >= 11 is 0. The van der Waals surface area contributed by atoms with E-state index in [0.717, 1.165) is 51.0 Å². The standard InChI is InChI=1S/C19H26N2O6.C18H24N2O6.C15H19NO7S.C14H16N4O4.C14H17NO5.CH3F.CH4O3S.CH4O.Li.N3.Na.H2O/c1-19(2,3)27-17(23)20-14-10-15(16(22)25-4)21(11-14)18(24)26-12-13-8-6-5-7-9-13;1-18(2,3)26-16(23)19-13-9-14(15(21)22)20(10-13)17(24)25-11-12-7-5-4-6-8-12;1-21-14(17)13-8-12(23-24(2,19)20)9-16(13)15(18)22-10-11-6-4-3-5-7-11;1-21-13(19)12-7-11(16-17-15)8-18(12)14(20)22-9-10-5-3-2-4-6-10;1-19-13(17)12-7-11(16)8-15(12)14(18)20-9-10-5-3-2-4-6-10;1-2;1-5(2,3)4;1-2;;1-3-2;;/h5-9,14-15H,10-12H2,1-4H3,(H,20,23);4-8,13-14H,9-11H2,1-3H3,(H,19,23)(H,21,22);3-7,12-13H,8-10H2,1-2H3;2-6,11-12H,7-9H2,1H3;2-6,11-12,16H,7-9H2,1H3;1H3;1H3,(H,2,3,4);2H,1H3;;;;1H2/q;;;;;;;;+1;-1;+1;/p-1/t14-,15+;13-,14+;12-,13-;2*11-,12+;;;;;;;/m11011......./s1/i;;;;;1D;;;;;;. The number of aliphatic carboxylic acids is 1. The van der Waals surface area contributed by atoms with Gasteiger partial charge in [-0.15, -0.1) is 0 Å². The molecule has 0 unspecified atom stereocenters. The van der Waals surface area contributed by atoms with Crippen LogP contribution >= 0.6 is 0 Å². The third kappa shape index (κ3) is 48.7. The topological polar surface area (TPSA) is 643 Å². The largest absolute Gasteiger partial charge is 1.00 e. The Bertz CT molecular complexity index is 4790. The molecular formula is C83H114FLiN13NaO33S2. The quantitative estimate of drug-likeness (QED) is 0.00951. The van der Waals surface area contributed by atoms with Gasteiger partial charge in [0.2, 0.25) is 0 Å². The molecule has 0 bridgehead atoms. The van der Waals surface area contributed by atoms with Gasteiger partial charge >= 0.3 is 121 Å². The van der Waals surface area contributed by atoms with Crippen LogP contribution in [0.4, 0.5) is 38.0 Å². The number of aliphatic hydroxyl groups is 2. The monoisotopic (exact) mass is 1930 g/mol. The number of aliphatic hydroxyl groups excluding tert-OH is 2. The van der Waals surface area contributed by atoms with Gasteiger partial charge in [-0.2, -0.15) is 16.8 Å². The maximum atomic E-state index is 12.5. The fraction of sp³-hybridized carbons (Fsp3) is 0.494. The first kappa shape index (κ1) is 122. The maximum absolute atomic E-state index is 12.5. The molecule has 7 N–H and O–H groups in total. The van der Waals surface area contributed by atoms with Crippen molar-refractivity contribution in [2.24, 2.45) is 5.11 Å². The van der Waals surface area contributed by atoms with Crippen LogP contribution in [0.5, 0.6) is 0 Å². The Balaban J connectivity index is 0. The molecular weight excluding hydrogens is 1820 g/mol. The number of hydrogen-bond acceptors (Lipinski definition) is 32. The minimum atomic E-state index is -3.70. The first-order valence-electron chi connectivity index (χ1n) is 40.2. The number of rotatable bonds is 20. The van der Waals surface area contributed by atoms with Gasteiger partial charge in [0, 0.05) is 57.3 Å². The summed E-state index contributed by atoms with van der Waals surface area (Å²) < 4.78 is 124. The van der Waals surface area contributed by atoms with E-state index in [-0.39, 0.29) is 152 Å². The summed E-state index contributed by atoms with van der Waals surface area (Å²) in [5.74, 6) is -3.44. The van der Waals surface area contributed by atoms with Crippen molar-refractivity contribution in [1.29, 1.82) is 0 Å². The van der Waals surface area contributed by atoms with E-state index in [2.05, 4.69) is 34.9 Å². The summed E-state index contributed by atoms with van der Waals surface area (Å²) in [6.45, 7) is 11.2. The first-order valence-corrected chi connectivity index (χ1v) is 43.1. The Morgan fingerprint density at radius 1 is 0.463 bits per heavy atom. The number of esters is 4. The van der Waals surface area contributed by atoms with E-state index in [4.69, 9.17) is 69.7 Å². The summed E-state index contributed by atoms with van der Waals surface area (Å²) in [6, 6.07) is 40.0. The summed E-state index contributed by atoms with van der Waals surface area (Å²) in [6.07, 6.45) is -3.75. The summed E-state index contributed by atoms with van der Waals surface area (Å²) in [5.41, 5.74) is 24.8. The van der Waals surface area contributed by atoms with Gasteiger partial charge < -0.3 is 94.6 Å². The van der Waals surface area contributed by atoms with Crippen molar-refractivity contribution < 1.29 is 210 Å². The van der Waals surface area contributed by atoms with E-state index < -0.39 is 172 Å². The molecule has 0 spiro atoms. The number of nitrogens with zero attached hydrogens (tertiary/aromatic N) is 11. The van der Waals surface area contributed by atoms with Crippen LogP contribution in [0.1, 0.15) is 103 Å². The average molecular weight is 1940 g/mol. The molecule has 5 heterocycles. The van der Waals surface area contributed by atoms with Crippen LogP contribution in [0.25, 0.3) is 26.4 Å². The number of alkyl carbamates (subject to hydrolysis) is 2. The number of methoxy groups -OCH3 is 4. The molecule has 5 aliphatic rings. The van der Waals surface area contributed by atoms with E-state index in [1.165, 1.54) is 48.1 Å². The van der Waals surface area contributed by atoms with Gasteiger partial charge in [-0.1, -0.05) is 157 Å². The van der Waals surface area contributed by atoms with Crippen molar-refractivity contribution in [3.63, 3.8) is 0 Å². The molecule has 5 aromatic rings. The Morgan fingerprint density at radius 2 is 0.709 bits per heavy atom. The van der Waals surface area contributed by atoms with Gasteiger partial charge in [0.15, 0.2) is 0 Å². The molecule has 10 atom stereocenters. The third-order valence-corrected chi connectivity index (χ3v) is 18.4. The second kappa shape index (κ2) is 64.2. The summed E-state index contributed by atoms with van der Waals surface area (Å²) in [5, 5.41) is 34.8. The molecule has 0 aromatic heterocycles. The number of nitrogens with one attached hydrogen (secondary N) is 2. The summed E-state index contributed by atoms with van der Waals surface area (Å²) in [7, 11) is -2.42. The van der Waals surface area contributed by atoms with Crippen LogP contribution in [-0.2, 0) is 134 Å². The van der Waals surface area contributed by atoms with E-state index >= 15 is 0 Å². The van der Waals surface area contributed by atoms with E-state index in [1.54, 1.807) is 65.8 Å². The molecule has 10 rings (SSSR count). The number of halogens is 1. The number of alkyl halides is 1. The van der Waals surface area contributed by atoms with Crippen LogP contribution in [-0.4, -0.2) is 299 Å². The van der Waals surface area contributed by atoms with Crippen LogP contribution in [0.3, 0.4) is 0 Å². The zero-order valence-corrected chi connectivity index (χ0v) is 80.4. The second-order valence-corrected chi connectivity index (χ2v) is 33.2. The Morgan fingerprint density at radius 3 is 0.978 bits per heavy atom. The van der Waals surface area contributed by atoms with E-state index in [0.29, 0.717) is 6.26 Å². The van der Waals surface area contributed by atoms with Crippen LogP contribution in [0.15, 0.2) is 157 Å². The molecule has 0 radical (unpaired) electrons. The maximum Gasteiger partial charge on any atom is 1.00 e. The molecule has 730 valence electrons. The van der Waals surface area contributed by atoms with Crippen molar-refractivity contribution in [1.82, 2.24) is 35.1 Å². The molecule has 51 heteroatoms. The number of carboxylic acid groups (broad SMARTS) is 1. The fourth-order valence-corrected chi connectivity index (χ4v) is 13.1. The molecule has 5 aliphatic heterocycles. The first-order chi connectivity index (χ1) is 62.2. The number of amides is 7. The second-order valence-electron chi connectivity index (χ2n) is 30.1. The number of benzene rings is 5. The Hall–Kier alpha value is -11.8. The molecule has 5 saturated heterocycles. The van der Waals surface area contributed by atoms with Crippen molar-refractivity contribution >= 4 is 92.7 Å². The van der Waals surface area contributed by atoms with Gasteiger partial charge in [-0.25, -0.2) is 57.5 Å². The van der Waals surface area contributed by atoms with Crippen LogP contribution < -0.4 is 59.1 Å². The number of carbonyl (C=O) groups is 12. The molecule has 5 fully saturated rings. The van der Waals surface area contributed by atoms with Gasteiger partial charge in [-0.05, 0) is 81.3 Å². The van der Waals surface area contributed by atoms with Crippen LogP contribution in [0, 0.1) is 0 Å². The number of carboxylic acids is 1. The number of ether oxygens (including phenoxy) is 11. The third-order valence-electron chi connectivity index (χ3n) is 17.8. The van der Waals surface area contributed by atoms with Gasteiger partial charge in [0.25, 0.3) is 20.2 Å². The molecule has 0 aliphatic carbocycles. The van der Waals surface area contributed by atoms with E-state index in [9.17, 15) is 89.0 Å². The van der Waals surface area contributed by atoms with Gasteiger partial charge in [0.1, 0.15) is 74.4 Å². The number of azide groups is 1. The van der Waals surface area contributed by atoms with Gasteiger partial charge in [-0.3, -0.25) is 42.5 Å². The normalized spacial score (nSPS) is 18.6. The number of carbonyl (C=O) groups excluding carboxylic acids is 11. The van der Waals surface area contributed by atoms with E-state index in [1.807, 2.05) is 127 Å². The minimum absolute atomic E-state index is 0. The Labute approximate surface area is 810 Å². The predicted molar refractivity (Wildman–Crippen MR) is 464 cm³/mol. The SMILES string of the molecule is CC(C)(C)OC(=O)N[C@@H]1C[C@@H](C(=O)O)N(C(=O)OCc2ccccc2)C1.CO.COC(=O)[C@@H]1C[C@@H](N=[N+]=[N-])CN1C(=O)OCc1ccccc1.COC(=O)[C@@H]1C[C@@H](NC(=O)OC(C)(C)C)CN1C(=O)OCc1ccccc1.COC(=O)[C@@H]1C[C@@H](O)CN1C(=O)OCc1ccccc1.COC(=O)[C@@H]1C[C@H](OS(C)(=O)=O)CN1C(=O)OCc1ccccc1.CS(=O)(=O)O.[2H]CF.[Li+].[N-]=[N+]=[N-].[Na+].[OH-]. The summed E-state index contributed by atoms with van der Waals surface area (Å²) in [4.78, 5) is 154. The van der Waals surface area contributed by atoms with Crippen molar-refractivity contribution in [2.75, 3.05) is 87.9 Å². The van der Waals surface area contributed by atoms with Crippen molar-refractivity contribution in [3.05, 3.63) is 206 Å². The predicted octanol–water partition coefficient (Wildman–Crippen LogP) is 3.33. The Kier molecular flexibility index (Phi) is 58.5. The number of likely N-dealkylation sites (tertiary alicyclic amines) is 5. The number of β-amino-alcohol motifs (C(OH)–C–C–N with tert-alkyl or cyclic N) is 1. The molecule has 134 heavy (non-hydrogen) atoms. The molecule has 0 saturated carbocycles. The van der Waals surface area contributed by atoms with Crippen molar-refractivity contribution in [2.45, 2.75) is 178 Å². The molecule has 7 amide bonds. The molecule has 5 aromatic carbocycles. The van der Waals surface area contributed by atoms with Crippen LogP contribution in [0.2, 0.25) is 0 Å². The molecule has 46 nitrogen and oxygen atoms in total. The zero-order chi connectivity index (χ0) is 99.5. The zero-order valence-electron chi connectivity index (χ0n) is 77.8. The number of hydrogen-bond donors (Lipinski definition) is 6. The fourth-order valence-electron chi connectivity index (χ4n) is 12.4. The minimum Gasteiger partial charge on any atom is -0.870 e.